The van der Waals surface area contributed by atoms with Crippen molar-refractivity contribution in [3.8, 4) is 0 Å². The highest BCUT2D eigenvalue weighted by atomic mass is 16.4. The van der Waals surface area contributed by atoms with Crippen molar-refractivity contribution in [1.29, 1.82) is 0 Å². The molecule has 2 atom stereocenters. The van der Waals surface area contributed by atoms with E-state index in [0.717, 1.165) is 38.6 Å². The van der Waals surface area contributed by atoms with Crippen molar-refractivity contribution in [3.05, 3.63) is 0 Å². The minimum atomic E-state index is -0.953. The summed E-state index contributed by atoms with van der Waals surface area (Å²) >= 11 is 0. The lowest BCUT2D eigenvalue weighted by Gasteiger charge is -2.41. The number of aliphatic carboxylic acids is 1. The highest BCUT2D eigenvalue weighted by Gasteiger charge is 2.36. The van der Waals surface area contributed by atoms with Crippen molar-refractivity contribution in [3.63, 3.8) is 0 Å². The Kier molecular flexibility index (Phi) is 7.40. The average Bonchev–Trinajstić information content (AvgIpc) is 2.56. The minimum absolute atomic E-state index is 0.0535. The Morgan fingerprint density at radius 3 is 2.46 bits per heavy atom. The Morgan fingerprint density at radius 2 is 1.88 bits per heavy atom. The third-order valence-corrected chi connectivity index (χ3v) is 5.63. The SMILES string of the molecule is C[C@H](CC(=O)O)NC(=O)C[C@H]1CCCN(C2CCC(C(N)N)CC2)C1=O. The van der Waals surface area contributed by atoms with E-state index in [1.807, 2.05) is 4.90 Å². The van der Waals surface area contributed by atoms with Crippen molar-refractivity contribution in [2.24, 2.45) is 23.3 Å². The van der Waals surface area contributed by atoms with Crippen molar-refractivity contribution < 1.29 is 19.5 Å². The Balaban J connectivity index is 1.85. The first-order chi connectivity index (χ1) is 12.3. The van der Waals surface area contributed by atoms with Gasteiger partial charge in [0.05, 0.1) is 12.6 Å². The number of rotatable bonds is 7. The number of amides is 2. The van der Waals surface area contributed by atoms with Crippen LogP contribution in [0.25, 0.3) is 0 Å². The van der Waals surface area contributed by atoms with Crippen LogP contribution in [-0.4, -0.2) is 52.6 Å². The molecule has 6 N–H and O–H groups in total. The number of carbonyl (C=O) groups is 3. The summed E-state index contributed by atoms with van der Waals surface area (Å²) in [6.07, 6.45) is 5.01. The molecule has 0 aromatic carbocycles. The van der Waals surface area contributed by atoms with E-state index in [1.54, 1.807) is 6.92 Å². The van der Waals surface area contributed by atoms with Crippen molar-refractivity contribution in [2.75, 3.05) is 6.54 Å². The van der Waals surface area contributed by atoms with Gasteiger partial charge in [0.1, 0.15) is 0 Å². The summed E-state index contributed by atoms with van der Waals surface area (Å²) in [6.45, 7) is 2.40. The van der Waals surface area contributed by atoms with Gasteiger partial charge in [-0.3, -0.25) is 14.4 Å². The average molecular weight is 368 g/mol. The third kappa shape index (κ3) is 5.67. The molecule has 1 aliphatic heterocycles. The monoisotopic (exact) mass is 368 g/mol. The molecule has 1 saturated carbocycles. The lowest BCUT2D eigenvalue weighted by molar-refractivity contribution is -0.145. The summed E-state index contributed by atoms with van der Waals surface area (Å²) in [7, 11) is 0. The molecule has 8 heteroatoms. The molecule has 26 heavy (non-hydrogen) atoms. The van der Waals surface area contributed by atoms with Gasteiger partial charge in [-0.25, -0.2) is 0 Å². The van der Waals surface area contributed by atoms with Crippen molar-refractivity contribution >= 4 is 17.8 Å². The molecule has 2 aliphatic rings. The quantitative estimate of drug-likeness (QED) is 0.480. The standard InChI is InChI=1S/C18H32N4O4/c1-11(9-16(24)25)21-15(23)10-13-3-2-8-22(18(13)26)14-6-4-12(5-7-14)17(19)20/h11-14,17H,2-10,19-20H2,1H3,(H,21,23)(H,24,25)/t11-,12?,13-,14?/m1/s1. The molecule has 0 unspecified atom stereocenters. The van der Waals surface area contributed by atoms with Gasteiger partial charge >= 0.3 is 5.97 Å². The van der Waals surface area contributed by atoms with E-state index in [-0.39, 0.29) is 42.8 Å². The number of carbonyl (C=O) groups excluding carboxylic acids is 2. The van der Waals surface area contributed by atoms with Gasteiger partial charge in [0.2, 0.25) is 11.8 Å². The maximum absolute atomic E-state index is 12.8. The van der Waals surface area contributed by atoms with Crippen LogP contribution in [0, 0.1) is 11.8 Å². The Morgan fingerprint density at radius 1 is 1.23 bits per heavy atom. The van der Waals surface area contributed by atoms with Gasteiger partial charge in [-0.2, -0.15) is 0 Å². The Hall–Kier alpha value is -1.67. The van der Waals surface area contributed by atoms with Crippen LogP contribution in [0.5, 0.6) is 0 Å². The molecule has 2 fully saturated rings. The fourth-order valence-electron chi connectivity index (χ4n) is 4.20. The molecule has 2 rings (SSSR count). The molecule has 1 aliphatic carbocycles. The van der Waals surface area contributed by atoms with Crippen LogP contribution in [0.1, 0.15) is 58.3 Å². The molecule has 1 heterocycles. The number of carboxylic acids is 1. The van der Waals surface area contributed by atoms with Crippen LogP contribution in [0.4, 0.5) is 0 Å². The fraction of sp³-hybridized carbons (Fsp3) is 0.833. The molecule has 0 radical (unpaired) electrons. The lowest BCUT2D eigenvalue weighted by atomic mass is 9.82. The Bertz CT molecular complexity index is 517. The number of likely N-dealkylation sites (tertiary alicyclic amines) is 1. The zero-order chi connectivity index (χ0) is 19.3. The maximum Gasteiger partial charge on any atom is 0.305 e. The van der Waals surface area contributed by atoms with E-state index in [2.05, 4.69) is 5.32 Å². The molecule has 2 amide bonds. The van der Waals surface area contributed by atoms with Gasteiger partial charge in [0, 0.05) is 31.0 Å². The summed E-state index contributed by atoms with van der Waals surface area (Å²) in [5, 5.41) is 11.4. The van der Waals surface area contributed by atoms with Gasteiger partial charge in [0.15, 0.2) is 0 Å². The van der Waals surface area contributed by atoms with E-state index in [4.69, 9.17) is 16.6 Å². The fourth-order valence-corrected chi connectivity index (χ4v) is 4.20. The summed E-state index contributed by atoms with van der Waals surface area (Å²) in [5.74, 6) is -1.14. The summed E-state index contributed by atoms with van der Waals surface area (Å²) in [5.41, 5.74) is 11.6. The maximum atomic E-state index is 12.8. The van der Waals surface area contributed by atoms with Gasteiger partial charge in [-0.05, 0) is 51.4 Å². The number of piperidine rings is 1. The molecular weight excluding hydrogens is 336 g/mol. The number of hydrogen-bond donors (Lipinski definition) is 4. The molecule has 0 aromatic rings. The van der Waals surface area contributed by atoms with Crippen LogP contribution in [0.3, 0.4) is 0 Å². The largest absolute Gasteiger partial charge is 0.481 e. The van der Waals surface area contributed by atoms with E-state index >= 15 is 0 Å². The number of hydrogen-bond acceptors (Lipinski definition) is 5. The normalized spacial score (nSPS) is 28.1. The predicted molar refractivity (Wildman–Crippen MR) is 96.8 cm³/mol. The molecular formula is C18H32N4O4. The second-order valence-electron chi connectivity index (χ2n) is 7.79. The van der Waals surface area contributed by atoms with E-state index < -0.39 is 12.0 Å². The van der Waals surface area contributed by atoms with Crippen LogP contribution in [0.2, 0.25) is 0 Å². The topological polar surface area (TPSA) is 139 Å². The molecule has 0 bridgehead atoms. The van der Waals surface area contributed by atoms with Gasteiger partial charge in [-0.15, -0.1) is 0 Å². The van der Waals surface area contributed by atoms with Gasteiger partial charge in [0.25, 0.3) is 0 Å². The molecule has 0 aromatic heterocycles. The first-order valence-corrected chi connectivity index (χ1v) is 9.60. The number of carboxylic acid groups (broad SMARTS) is 1. The number of nitrogens with zero attached hydrogens (tertiary/aromatic N) is 1. The van der Waals surface area contributed by atoms with E-state index in [1.165, 1.54) is 0 Å². The number of nitrogens with two attached hydrogens (primary N) is 2. The first kappa shape index (κ1) is 20.6. The van der Waals surface area contributed by atoms with Crippen LogP contribution >= 0.6 is 0 Å². The summed E-state index contributed by atoms with van der Waals surface area (Å²) < 4.78 is 0. The second-order valence-corrected chi connectivity index (χ2v) is 7.79. The minimum Gasteiger partial charge on any atom is -0.481 e. The van der Waals surface area contributed by atoms with E-state index in [0.29, 0.717) is 12.3 Å². The van der Waals surface area contributed by atoms with Crippen molar-refractivity contribution in [1.82, 2.24) is 10.2 Å². The molecule has 0 spiro atoms. The zero-order valence-corrected chi connectivity index (χ0v) is 15.5. The number of nitrogens with one attached hydrogen (secondary N) is 1. The lowest BCUT2D eigenvalue weighted by Crippen LogP contribution is -2.51. The highest BCUT2D eigenvalue weighted by molar-refractivity contribution is 5.86. The highest BCUT2D eigenvalue weighted by Crippen LogP contribution is 2.32. The van der Waals surface area contributed by atoms with E-state index in [9.17, 15) is 14.4 Å². The Labute approximate surface area is 154 Å². The first-order valence-electron chi connectivity index (χ1n) is 9.60. The summed E-state index contributed by atoms with van der Waals surface area (Å²) in [4.78, 5) is 37.6. The van der Waals surface area contributed by atoms with Crippen LogP contribution < -0.4 is 16.8 Å². The molecule has 8 nitrogen and oxygen atoms in total. The third-order valence-electron chi connectivity index (χ3n) is 5.63. The van der Waals surface area contributed by atoms with Gasteiger partial charge in [-0.1, -0.05) is 0 Å². The van der Waals surface area contributed by atoms with Crippen LogP contribution in [0.15, 0.2) is 0 Å². The predicted octanol–water partition coefficient (Wildman–Crippen LogP) is 0.397. The van der Waals surface area contributed by atoms with Crippen molar-refractivity contribution in [2.45, 2.75) is 76.5 Å². The van der Waals surface area contributed by atoms with Crippen LogP contribution in [-0.2, 0) is 14.4 Å². The molecule has 1 saturated heterocycles. The molecule has 148 valence electrons. The van der Waals surface area contributed by atoms with Gasteiger partial charge < -0.3 is 26.8 Å². The zero-order valence-electron chi connectivity index (χ0n) is 15.5. The summed E-state index contributed by atoms with van der Waals surface area (Å²) in [6, 6.07) is -0.222. The second kappa shape index (κ2) is 9.32. The smallest absolute Gasteiger partial charge is 0.305 e.